The minimum atomic E-state index is 0. The fourth-order valence-corrected chi connectivity index (χ4v) is 1.66. The summed E-state index contributed by atoms with van der Waals surface area (Å²) < 4.78 is 1.74. The number of anilines is 1. The molecule has 0 fully saturated rings. The van der Waals surface area contributed by atoms with Crippen molar-refractivity contribution in [2.75, 3.05) is 5.32 Å². The van der Waals surface area contributed by atoms with E-state index in [0.29, 0.717) is 6.54 Å². The lowest BCUT2D eigenvalue weighted by atomic mass is 10.2. The van der Waals surface area contributed by atoms with E-state index in [0.717, 1.165) is 17.1 Å². The first-order chi connectivity index (χ1) is 8.06. The second-order valence-corrected chi connectivity index (χ2v) is 3.96. The maximum atomic E-state index is 9.62. The highest BCUT2D eigenvalue weighted by atomic mass is 35.5. The normalized spacial score (nSPS) is 9.89. The first-order valence-electron chi connectivity index (χ1n) is 5.31. The van der Waals surface area contributed by atoms with Crippen molar-refractivity contribution in [1.29, 1.82) is 0 Å². The van der Waals surface area contributed by atoms with Crippen LogP contribution in [0.5, 0.6) is 11.5 Å². The van der Waals surface area contributed by atoms with Crippen LogP contribution >= 0.6 is 12.4 Å². The topological polar surface area (TPSA) is 70.3 Å². The van der Waals surface area contributed by atoms with Crippen molar-refractivity contribution in [3.05, 3.63) is 35.5 Å². The molecule has 2 rings (SSSR count). The molecule has 0 aliphatic carbocycles. The van der Waals surface area contributed by atoms with Crippen molar-refractivity contribution in [2.24, 2.45) is 7.05 Å². The molecule has 0 radical (unpaired) electrons. The van der Waals surface area contributed by atoms with Gasteiger partial charge in [-0.3, -0.25) is 4.68 Å². The van der Waals surface area contributed by atoms with Gasteiger partial charge in [0.05, 0.1) is 5.69 Å². The molecule has 0 aliphatic rings. The van der Waals surface area contributed by atoms with Gasteiger partial charge in [0, 0.05) is 31.3 Å². The number of aromatic nitrogens is 2. The van der Waals surface area contributed by atoms with Crippen LogP contribution in [0.2, 0.25) is 0 Å². The molecule has 0 spiro atoms. The predicted molar refractivity (Wildman–Crippen MR) is 72.3 cm³/mol. The van der Waals surface area contributed by atoms with Gasteiger partial charge in [0.2, 0.25) is 0 Å². The van der Waals surface area contributed by atoms with Crippen LogP contribution in [0.1, 0.15) is 11.3 Å². The second kappa shape index (κ2) is 5.64. The molecule has 0 atom stereocenters. The lowest BCUT2D eigenvalue weighted by Crippen LogP contribution is -2.04. The second-order valence-electron chi connectivity index (χ2n) is 3.96. The predicted octanol–water partition coefficient (Wildman–Crippen LogP) is 2.17. The molecule has 1 aromatic heterocycles. The average molecular weight is 270 g/mol. The quantitative estimate of drug-likeness (QED) is 0.799. The van der Waals surface area contributed by atoms with E-state index in [1.807, 2.05) is 20.0 Å². The van der Waals surface area contributed by atoms with Crippen LogP contribution in [0.15, 0.2) is 24.3 Å². The number of nitrogens with one attached hydrogen (secondary N) is 1. The number of phenols is 2. The third kappa shape index (κ3) is 3.07. The molecule has 1 heterocycles. The van der Waals surface area contributed by atoms with Gasteiger partial charge in [-0.25, -0.2) is 0 Å². The number of benzene rings is 1. The number of halogens is 1. The summed E-state index contributed by atoms with van der Waals surface area (Å²) in [6.07, 6.45) is 0. The molecule has 98 valence electrons. The molecule has 0 amide bonds. The maximum absolute atomic E-state index is 9.62. The summed E-state index contributed by atoms with van der Waals surface area (Å²) >= 11 is 0. The first kappa shape index (κ1) is 14.2. The molecule has 3 N–H and O–H groups in total. The Hall–Kier alpha value is -1.88. The van der Waals surface area contributed by atoms with E-state index in [1.165, 1.54) is 6.07 Å². The molecular formula is C12H16ClN3O2. The number of hydrogen-bond donors (Lipinski definition) is 3. The SMILES string of the molecule is Cc1cc(NCc2ccc(O)cc2O)n(C)n1.Cl. The van der Waals surface area contributed by atoms with Crippen LogP contribution in [0.3, 0.4) is 0 Å². The fraction of sp³-hybridized carbons (Fsp3) is 0.250. The Morgan fingerprint density at radius 1 is 1.28 bits per heavy atom. The zero-order valence-electron chi connectivity index (χ0n) is 10.2. The Labute approximate surface area is 111 Å². The minimum absolute atomic E-state index is 0. The third-order valence-corrected chi connectivity index (χ3v) is 2.53. The molecule has 0 saturated carbocycles. The highest BCUT2D eigenvalue weighted by molar-refractivity contribution is 5.85. The standard InChI is InChI=1S/C12H15N3O2.ClH/c1-8-5-12(15(2)14-8)13-7-9-3-4-10(16)6-11(9)17;/h3-6,13,16-17H,7H2,1-2H3;1H. The molecule has 2 aromatic rings. The first-order valence-corrected chi connectivity index (χ1v) is 5.31. The molecule has 18 heavy (non-hydrogen) atoms. The smallest absolute Gasteiger partial charge is 0.124 e. The molecule has 0 unspecified atom stereocenters. The van der Waals surface area contributed by atoms with Crippen LogP contribution < -0.4 is 5.32 Å². The Morgan fingerprint density at radius 3 is 2.56 bits per heavy atom. The molecule has 5 nitrogen and oxygen atoms in total. The van der Waals surface area contributed by atoms with Crippen LogP contribution in [-0.2, 0) is 13.6 Å². The number of hydrogen-bond acceptors (Lipinski definition) is 4. The summed E-state index contributed by atoms with van der Waals surface area (Å²) in [5.41, 5.74) is 1.66. The molecule has 1 aromatic carbocycles. The van der Waals surface area contributed by atoms with Gasteiger partial charge in [-0.1, -0.05) is 0 Å². The lowest BCUT2D eigenvalue weighted by molar-refractivity contribution is 0.446. The molecule has 0 aliphatic heterocycles. The zero-order valence-corrected chi connectivity index (χ0v) is 11.0. The van der Waals surface area contributed by atoms with E-state index >= 15 is 0 Å². The number of aromatic hydroxyl groups is 2. The number of phenolic OH excluding ortho intramolecular Hbond substituents is 2. The molecule has 0 saturated heterocycles. The van der Waals surface area contributed by atoms with Crippen LogP contribution in [-0.4, -0.2) is 20.0 Å². The largest absolute Gasteiger partial charge is 0.508 e. The van der Waals surface area contributed by atoms with Gasteiger partial charge < -0.3 is 15.5 Å². The average Bonchev–Trinajstić information content (AvgIpc) is 2.56. The van der Waals surface area contributed by atoms with Gasteiger partial charge in [0.25, 0.3) is 0 Å². The number of aryl methyl sites for hydroxylation is 2. The van der Waals surface area contributed by atoms with Crippen molar-refractivity contribution in [3.8, 4) is 11.5 Å². The van der Waals surface area contributed by atoms with Crippen LogP contribution in [0.25, 0.3) is 0 Å². The van der Waals surface area contributed by atoms with E-state index in [-0.39, 0.29) is 23.9 Å². The van der Waals surface area contributed by atoms with Gasteiger partial charge in [-0.2, -0.15) is 5.10 Å². The number of nitrogens with zero attached hydrogens (tertiary/aromatic N) is 2. The third-order valence-electron chi connectivity index (χ3n) is 2.53. The van der Waals surface area contributed by atoms with Gasteiger partial charge >= 0.3 is 0 Å². The van der Waals surface area contributed by atoms with Gasteiger partial charge in [-0.15, -0.1) is 12.4 Å². The maximum Gasteiger partial charge on any atom is 0.124 e. The summed E-state index contributed by atoms with van der Waals surface area (Å²) in [7, 11) is 1.85. The van der Waals surface area contributed by atoms with Crippen LogP contribution in [0, 0.1) is 6.92 Å². The van der Waals surface area contributed by atoms with Crippen molar-refractivity contribution < 1.29 is 10.2 Å². The summed E-state index contributed by atoms with van der Waals surface area (Å²) in [5, 5.41) is 26.2. The van der Waals surface area contributed by atoms with Gasteiger partial charge in [-0.05, 0) is 19.1 Å². The molecule has 0 bridgehead atoms. The summed E-state index contributed by atoms with van der Waals surface area (Å²) in [5.74, 6) is 1.02. The van der Waals surface area contributed by atoms with E-state index in [1.54, 1.807) is 16.8 Å². The number of rotatable bonds is 3. The van der Waals surface area contributed by atoms with E-state index < -0.39 is 0 Å². The van der Waals surface area contributed by atoms with Gasteiger partial charge in [0.1, 0.15) is 17.3 Å². The van der Waals surface area contributed by atoms with Crippen molar-refractivity contribution in [3.63, 3.8) is 0 Å². The van der Waals surface area contributed by atoms with Crippen molar-refractivity contribution in [1.82, 2.24) is 9.78 Å². The fourth-order valence-electron chi connectivity index (χ4n) is 1.66. The highest BCUT2D eigenvalue weighted by Crippen LogP contribution is 2.23. The lowest BCUT2D eigenvalue weighted by Gasteiger charge is -2.08. The van der Waals surface area contributed by atoms with Crippen molar-refractivity contribution in [2.45, 2.75) is 13.5 Å². The summed E-state index contributed by atoms with van der Waals surface area (Å²) in [6.45, 7) is 2.40. The van der Waals surface area contributed by atoms with Gasteiger partial charge in [0.15, 0.2) is 0 Å². The van der Waals surface area contributed by atoms with Crippen molar-refractivity contribution >= 4 is 18.2 Å². The van der Waals surface area contributed by atoms with E-state index in [2.05, 4.69) is 10.4 Å². The van der Waals surface area contributed by atoms with E-state index in [4.69, 9.17) is 0 Å². The molecular weight excluding hydrogens is 254 g/mol. The Balaban J connectivity index is 0.00000162. The Morgan fingerprint density at radius 2 is 2.00 bits per heavy atom. The zero-order chi connectivity index (χ0) is 12.4. The summed E-state index contributed by atoms with van der Waals surface area (Å²) in [6, 6.07) is 6.48. The molecule has 6 heteroatoms. The van der Waals surface area contributed by atoms with E-state index in [9.17, 15) is 10.2 Å². The summed E-state index contributed by atoms with van der Waals surface area (Å²) in [4.78, 5) is 0. The van der Waals surface area contributed by atoms with Crippen LogP contribution in [0.4, 0.5) is 5.82 Å². The highest BCUT2D eigenvalue weighted by Gasteiger charge is 2.04. The monoisotopic (exact) mass is 269 g/mol. The Bertz CT molecular complexity index is 540. The Kier molecular flexibility index (Phi) is 4.44. The minimum Gasteiger partial charge on any atom is -0.508 e.